The number of hydrogen-bond acceptors (Lipinski definition) is 6. The Labute approximate surface area is 116 Å². The molecule has 1 atom stereocenters. The van der Waals surface area contributed by atoms with Gasteiger partial charge in [-0.05, 0) is 25.7 Å². The number of hydrogen-bond donors (Lipinski definition) is 1. The number of aromatic nitrogens is 2. The highest BCUT2D eigenvalue weighted by Gasteiger charge is 2.27. The maximum Gasteiger partial charge on any atom is 0.229 e. The first-order valence-electron chi connectivity index (χ1n) is 6.61. The van der Waals surface area contributed by atoms with Gasteiger partial charge in [0.05, 0.1) is 5.25 Å². The van der Waals surface area contributed by atoms with E-state index < -0.39 is 0 Å². The highest BCUT2D eigenvalue weighted by Crippen LogP contribution is 2.37. The van der Waals surface area contributed by atoms with Crippen molar-refractivity contribution in [2.45, 2.75) is 42.9 Å². The summed E-state index contributed by atoms with van der Waals surface area (Å²) in [6.07, 6.45) is 4.34. The molecule has 18 heavy (non-hydrogen) atoms. The van der Waals surface area contributed by atoms with E-state index >= 15 is 0 Å². The quantitative estimate of drug-likeness (QED) is 0.901. The Kier molecular flexibility index (Phi) is 4.16. The molecule has 1 aromatic rings. The summed E-state index contributed by atoms with van der Waals surface area (Å²) in [5.41, 5.74) is 5.92. The number of nitrogens with two attached hydrogens (primary N) is 1. The van der Waals surface area contributed by atoms with Gasteiger partial charge in [-0.1, -0.05) is 5.16 Å². The molecule has 1 aromatic heterocycles. The fraction of sp³-hybridized carbons (Fsp3) is 0.833. The monoisotopic (exact) mass is 285 g/mol. The molecule has 6 heteroatoms. The van der Waals surface area contributed by atoms with Crippen LogP contribution < -0.4 is 5.73 Å². The fourth-order valence-corrected chi connectivity index (χ4v) is 5.14. The molecule has 4 nitrogen and oxygen atoms in total. The molecule has 2 fully saturated rings. The van der Waals surface area contributed by atoms with Crippen molar-refractivity contribution in [1.82, 2.24) is 10.1 Å². The largest absolute Gasteiger partial charge is 0.339 e. The minimum atomic E-state index is 0.369. The first kappa shape index (κ1) is 12.8. The molecule has 2 aliphatic rings. The standard InChI is InChI=1S/C12H19N3OS2/c13-9-3-1-8(2-4-9)12-14-11(15-16-12)10-7-17-5-6-18-10/h8-10H,1-7,13H2. The molecule has 0 amide bonds. The van der Waals surface area contributed by atoms with E-state index in [1.54, 1.807) is 0 Å². The first-order valence-corrected chi connectivity index (χ1v) is 8.81. The molecule has 1 aliphatic heterocycles. The number of rotatable bonds is 2. The second kappa shape index (κ2) is 5.84. The van der Waals surface area contributed by atoms with Gasteiger partial charge in [0, 0.05) is 29.2 Å². The molecule has 3 rings (SSSR count). The molecule has 0 bridgehead atoms. The SMILES string of the molecule is NC1CCC(c2nc(C3CSCCS3)no2)CC1. The van der Waals surface area contributed by atoms with Crippen molar-refractivity contribution >= 4 is 23.5 Å². The molecular formula is C12H19N3OS2. The maximum absolute atomic E-state index is 5.92. The maximum atomic E-state index is 5.92. The Balaban J connectivity index is 1.65. The van der Waals surface area contributed by atoms with Crippen molar-refractivity contribution in [3.8, 4) is 0 Å². The molecule has 2 heterocycles. The second-order valence-corrected chi connectivity index (χ2v) is 7.50. The van der Waals surface area contributed by atoms with Crippen LogP contribution in [0.3, 0.4) is 0 Å². The van der Waals surface area contributed by atoms with Gasteiger partial charge in [0.25, 0.3) is 0 Å². The summed E-state index contributed by atoms with van der Waals surface area (Å²) in [6.45, 7) is 0. The summed E-state index contributed by atoms with van der Waals surface area (Å²) in [5, 5.41) is 4.61. The van der Waals surface area contributed by atoms with Crippen LogP contribution in [0.4, 0.5) is 0 Å². The Morgan fingerprint density at radius 3 is 2.72 bits per heavy atom. The molecule has 1 aliphatic carbocycles. The van der Waals surface area contributed by atoms with E-state index in [0.29, 0.717) is 17.2 Å². The van der Waals surface area contributed by atoms with Crippen molar-refractivity contribution in [2.24, 2.45) is 5.73 Å². The van der Waals surface area contributed by atoms with Crippen LogP contribution in [0.15, 0.2) is 4.52 Å². The van der Waals surface area contributed by atoms with Crippen LogP contribution >= 0.6 is 23.5 Å². The average molecular weight is 285 g/mol. The third-order valence-corrected chi connectivity index (χ3v) is 6.43. The predicted molar refractivity (Wildman–Crippen MR) is 76.0 cm³/mol. The number of nitrogens with zero attached hydrogens (tertiary/aromatic N) is 2. The minimum Gasteiger partial charge on any atom is -0.339 e. The first-order chi connectivity index (χ1) is 8.83. The van der Waals surface area contributed by atoms with Crippen LogP contribution in [0.5, 0.6) is 0 Å². The molecule has 2 N–H and O–H groups in total. The van der Waals surface area contributed by atoms with Crippen molar-refractivity contribution in [1.29, 1.82) is 0 Å². The molecule has 0 spiro atoms. The van der Waals surface area contributed by atoms with Crippen LogP contribution in [0, 0.1) is 0 Å². The summed E-state index contributed by atoms with van der Waals surface area (Å²) in [6, 6.07) is 0.369. The van der Waals surface area contributed by atoms with E-state index in [2.05, 4.69) is 10.1 Å². The van der Waals surface area contributed by atoms with Gasteiger partial charge >= 0.3 is 0 Å². The fourth-order valence-electron chi connectivity index (χ4n) is 2.55. The van der Waals surface area contributed by atoms with E-state index in [4.69, 9.17) is 10.3 Å². The van der Waals surface area contributed by atoms with E-state index in [0.717, 1.165) is 43.2 Å². The normalized spacial score (nSPS) is 33.5. The van der Waals surface area contributed by atoms with Crippen molar-refractivity contribution in [3.05, 3.63) is 11.7 Å². The smallest absolute Gasteiger partial charge is 0.229 e. The van der Waals surface area contributed by atoms with Gasteiger partial charge in [-0.3, -0.25) is 0 Å². The zero-order valence-corrected chi connectivity index (χ0v) is 12.0. The lowest BCUT2D eigenvalue weighted by Crippen LogP contribution is -2.25. The van der Waals surface area contributed by atoms with Crippen LogP contribution in [0.2, 0.25) is 0 Å². The van der Waals surface area contributed by atoms with E-state index in [9.17, 15) is 0 Å². The van der Waals surface area contributed by atoms with Crippen LogP contribution in [-0.4, -0.2) is 33.4 Å². The molecule has 1 saturated carbocycles. The average Bonchev–Trinajstić information content (AvgIpc) is 2.90. The van der Waals surface area contributed by atoms with Crippen LogP contribution in [-0.2, 0) is 0 Å². The molecule has 0 radical (unpaired) electrons. The summed E-state index contributed by atoms with van der Waals surface area (Å²) in [4.78, 5) is 4.63. The Bertz CT molecular complexity index is 384. The topological polar surface area (TPSA) is 64.9 Å². The third-order valence-electron chi connectivity index (χ3n) is 3.68. The lowest BCUT2D eigenvalue weighted by Gasteiger charge is -2.23. The molecule has 1 unspecified atom stereocenters. The molecule has 100 valence electrons. The number of thioether (sulfide) groups is 2. The Hall–Kier alpha value is -0.200. The molecule has 1 saturated heterocycles. The van der Waals surface area contributed by atoms with Gasteiger partial charge in [-0.25, -0.2) is 0 Å². The van der Waals surface area contributed by atoms with E-state index in [-0.39, 0.29) is 0 Å². The second-order valence-electron chi connectivity index (χ2n) is 5.04. The van der Waals surface area contributed by atoms with Gasteiger partial charge in [0.15, 0.2) is 5.82 Å². The zero-order valence-electron chi connectivity index (χ0n) is 10.4. The molecule has 0 aromatic carbocycles. The van der Waals surface area contributed by atoms with Crippen molar-refractivity contribution < 1.29 is 4.52 Å². The highest BCUT2D eigenvalue weighted by atomic mass is 32.2. The summed E-state index contributed by atoms with van der Waals surface area (Å²) in [7, 11) is 0. The van der Waals surface area contributed by atoms with Gasteiger partial charge in [-0.15, -0.1) is 11.8 Å². The Morgan fingerprint density at radius 1 is 1.17 bits per heavy atom. The Morgan fingerprint density at radius 2 is 2.00 bits per heavy atom. The van der Waals surface area contributed by atoms with Gasteiger partial charge in [0.1, 0.15) is 0 Å². The summed E-state index contributed by atoms with van der Waals surface area (Å²) < 4.78 is 5.47. The van der Waals surface area contributed by atoms with Crippen molar-refractivity contribution in [2.75, 3.05) is 17.3 Å². The van der Waals surface area contributed by atoms with E-state index in [1.165, 1.54) is 11.5 Å². The van der Waals surface area contributed by atoms with Crippen molar-refractivity contribution in [3.63, 3.8) is 0 Å². The van der Waals surface area contributed by atoms with Gasteiger partial charge < -0.3 is 10.3 Å². The summed E-state index contributed by atoms with van der Waals surface area (Å²) in [5.74, 6) is 5.72. The summed E-state index contributed by atoms with van der Waals surface area (Å²) >= 11 is 3.93. The minimum absolute atomic E-state index is 0.369. The van der Waals surface area contributed by atoms with Crippen LogP contribution in [0.1, 0.15) is 48.6 Å². The van der Waals surface area contributed by atoms with Gasteiger partial charge in [0.2, 0.25) is 5.89 Å². The predicted octanol–water partition coefficient (Wildman–Crippen LogP) is 2.58. The third kappa shape index (κ3) is 2.86. The lowest BCUT2D eigenvalue weighted by atomic mass is 9.86. The van der Waals surface area contributed by atoms with Gasteiger partial charge in [-0.2, -0.15) is 16.7 Å². The molecular weight excluding hydrogens is 266 g/mol. The van der Waals surface area contributed by atoms with E-state index in [1.807, 2.05) is 23.5 Å². The lowest BCUT2D eigenvalue weighted by molar-refractivity contribution is 0.300. The van der Waals surface area contributed by atoms with Crippen LogP contribution in [0.25, 0.3) is 0 Å². The highest BCUT2D eigenvalue weighted by molar-refractivity contribution is 8.06. The zero-order chi connectivity index (χ0) is 12.4.